The fraction of sp³-hybridized carbons (Fsp3) is 0.833. The number of carboxylic acids is 1. The van der Waals surface area contributed by atoms with E-state index in [4.69, 9.17) is 9.84 Å². The van der Waals surface area contributed by atoms with Crippen molar-refractivity contribution in [3.63, 3.8) is 0 Å². The van der Waals surface area contributed by atoms with Crippen LogP contribution in [0.2, 0.25) is 0 Å². The second kappa shape index (κ2) is 6.15. The van der Waals surface area contributed by atoms with Gasteiger partial charge in [-0.15, -0.1) is 0 Å². The molecular weight excluding hydrogens is 236 g/mol. The maximum atomic E-state index is 11.7. The van der Waals surface area contributed by atoms with Gasteiger partial charge in [0.15, 0.2) is 6.10 Å². The van der Waals surface area contributed by atoms with Gasteiger partial charge >= 0.3 is 5.97 Å². The van der Waals surface area contributed by atoms with Gasteiger partial charge < -0.3 is 20.1 Å². The summed E-state index contributed by atoms with van der Waals surface area (Å²) in [5.74, 6) is -1.17. The Labute approximate surface area is 106 Å². The van der Waals surface area contributed by atoms with Crippen LogP contribution in [0.1, 0.15) is 25.7 Å². The van der Waals surface area contributed by atoms with Crippen molar-refractivity contribution in [2.24, 2.45) is 0 Å². The Balaban J connectivity index is 1.64. The SMILES string of the molecule is O=C(O)C1CCC(C(=O)NCCN2CCCC2)O1. The Kier molecular flexibility index (Phi) is 4.54. The Morgan fingerprint density at radius 3 is 2.50 bits per heavy atom. The third-order valence-corrected chi connectivity index (χ3v) is 3.51. The van der Waals surface area contributed by atoms with Crippen molar-refractivity contribution in [1.82, 2.24) is 10.2 Å². The van der Waals surface area contributed by atoms with Gasteiger partial charge in [0.2, 0.25) is 5.91 Å². The number of nitrogens with one attached hydrogen (secondary N) is 1. The van der Waals surface area contributed by atoms with Gasteiger partial charge in [0.1, 0.15) is 6.10 Å². The van der Waals surface area contributed by atoms with Gasteiger partial charge in [0, 0.05) is 13.1 Å². The molecule has 2 rings (SSSR count). The first-order valence-corrected chi connectivity index (χ1v) is 6.55. The number of hydrogen-bond donors (Lipinski definition) is 2. The number of ether oxygens (including phenoxy) is 1. The number of amides is 1. The molecule has 2 atom stereocenters. The van der Waals surface area contributed by atoms with Crippen LogP contribution in [-0.4, -0.2) is 60.3 Å². The normalized spacial score (nSPS) is 28.4. The highest BCUT2D eigenvalue weighted by atomic mass is 16.5. The van der Waals surface area contributed by atoms with Crippen molar-refractivity contribution in [2.45, 2.75) is 37.9 Å². The molecule has 0 radical (unpaired) electrons. The van der Waals surface area contributed by atoms with Crippen molar-refractivity contribution < 1.29 is 19.4 Å². The summed E-state index contributed by atoms with van der Waals surface area (Å²) < 4.78 is 5.18. The largest absolute Gasteiger partial charge is 0.479 e. The Hall–Kier alpha value is -1.14. The molecule has 0 aromatic rings. The predicted molar refractivity (Wildman–Crippen MR) is 64.2 cm³/mol. The molecule has 6 nitrogen and oxygen atoms in total. The van der Waals surface area contributed by atoms with E-state index in [0.717, 1.165) is 19.6 Å². The number of nitrogens with zero attached hydrogens (tertiary/aromatic N) is 1. The summed E-state index contributed by atoms with van der Waals surface area (Å²) >= 11 is 0. The number of likely N-dealkylation sites (tertiary alicyclic amines) is 1. The van der Waals surface area contributed by atoms with Gasteiger partial charge in [-0.3, -0.25) is 4.79 Å². The highest BCUT2D eigenvalue weighted by Crippen LogP contribution is 2.19. The second-order valence-electron chi connectivity index (χ2n) is 4.87. The van der Waals surface area contributed by atoms with Gasteiger partial charge in [-0.1, -0.05) is 0 Å². The topological polar surface area (TPSA) is 78.9 Å². The van der Waals surface area contributed by atoms with Crippen LogP contribution in [0.25, 0.3) is 0 Å². The van der Waals surface area contributed by atoms with Crippen molar-refractivity contribution >= 4 is 11.9 Å². The van der Waals surface area contributed by atoms with Crippen LogP contribution in [0, 0.1) is 0 Å². The smallest absolute Gasteiger partial charge is 0.332 e. The van der Waals surface area contributed by atoms with Crippen LogP contribution in [0.5, 0.6) is 0 Å². The van der Waals surface area contributed by atoms with E-state index < -0.39 is 18.2 Å². The maximum Gasteiger partial charge on any atom is 0.332 e. The summed E-state index contributed by atoms with van der Waals surface area (Å²) in [6, 6.07) is 0. The van der Waals surface area contributed by atoms with Gasteiger partial charge in [0.25, 0.3) is 0 Å². The zero-order valence-electron chi connectivity index (χ0n) is 10.4. The predicted octanol–water partition coefficient (Wildman–Crippen LogP) is -0.169. The minimum atomic E-state index is -0.984. The van der Waals surface area contributed by atoms with Crippen LogP contribution in [0.15, 0.2) is 0 Å². The number of aliphatic carboxylic acids is 1. The molecule has 0 aromatic heterocycles. The first kappa shape index (κ1) is 13.3. The molecule has 0 saturated carbocycles. The first-order chi connectivity index (χ1) is 8.66. The molecule has 2 aliphatic rings. The number of carbonyl (C=O) groups is 2. The van der Waals surface area contributed by atoms with E-state index in [1.165, 1.54) is 12.8 Å². The fourth-order valence-corrected chi connectivity index (χ4v) is 2.47. The van der Waals surface area contributed by atoms with Crippen molar-refractivity contribution in [3.8, 4) is 0 Å². The van der Waals surface area contributed by atoms with E-state index in [1.54, 1.807) is 0 Å². The molecule has 0 aliphatic carbocycles. The average Bonchev–Trinajstić information content (AvgIpc) is 2.99. The molecule has 0 spiro atoms. The maximum absolute atomic E-state index is 11.7. The van der Waals surface area contributed by atoms with E-state index in [2.05, 4.69) is 10.2 Å². The molecular formula is C12H20N2O4. The standard InChI is InChI=1S/C12H20N2O4/c15-11(9-3-4-10(18-9)12(16)17)13-5-8-14-6-1-2-7-14/h9-10H,1-8H2,(H,13,15)(H,16,17). The second-order valence-corrected chi connectivity index (χ2v) is 4.87. The van der Waals surface area contributed by atoms with E-state index >= 15 is 0 Å². The lowest BCUT2D eigenvalue weighted by atomic mass is 10.2. The van der Waals surface area contributed by atoms with E-state index in [1.807, 2.05) is 0 Å². The lowest BCUT2D eigenvalue weighted by Crippen LogP contribution is -2.39. The fourth-order valence-electron chi connectivity index (χ4n) is 2.47. The zero-order chi connectivity index (χ0) is 13.0. The summed E-state index contributed by atoms with van der Waals surface area (Å²) in [4.78, 5) is 24.7. The third kappa shape index (κ3) is 3.43. The number of hydrogen-bond acceptors (Lipinski definition) is 4. The van der Waals surface area contributed by atoms with Gasteiger partial charge in [-0.2, -0.15) is 0 Å². The molecule has 102 valence electrons. The van der Waals surface area contributed by atoms with E-state index in [0.29, 0.717) is 19.4 Å². The lowest BCUT2D eigenvalue weighted by Gasteiger charge is -2.16. The molecule has 6 heteroatoms. The molecule has 2 unspecified atom stereocenters. The minimum absolute atomic E-state index is 0.182. The van der Waals surface area contributed by atoms with Crippen molar-refractivity contribution in [2.75, 3.05) is 26.2 Å². The summed E-state index contributed by atoms with van der Waals surface area (Å²) in [5.41, 5.74) is 0. The Morgan fingerprint density at radius 2 is 1.89 bits per heavy atom. The Bertz CT molecular complexity index is 315. The summed E-state index contributed by atoms with van der Waals surface area (Å²) in [6.45, 7) is 3.69. The van der Waals surface area contributed by atoms with Crippen LogP contribution in [-0.2, 0) is 14.3 Å². The first-order valence-electron chi connectivity index (χ1n) is 6.55. The average molecular weight is 256 g/mol. The molecule has 2 aliphatic heterocycles. The highest BCUT2D eigenvalue weighted by molar-refractivity contribution is 5.82. The molecule has 0 aromatic carbocycles. The van der Waals surface area contributed by atoms with Crippen LogP contribution in [0.3, 0.4) is 0 Å². The van der Waals surface area contributed by atoms with Gasteiger partial charge in [-0.25, -0.2) is 4.79 Å². The van der Waals surface area contributed by atoms with Gasteiger partial charge in [0.05, 0.1) is 0 Å². The van der Waals surface area contributed by atoms with Crippen LogP contribution < -0.4 is 5.32 Å². The number of carbonyl (C=O) groups excluding carboxylic acids is 1. The molecule has 2 fully saturated rings. The highest BCUT2D eigenvalue weighted by Gasteiger charge is 2.34. The summed E-state index contributed by atoms with van der Waals surface area (Å²) in [6.07, 6.45) is 1.97. The van der Waals surface area contributed by atoms with Crippen LogP contribution >= 0.6 is 0 Å². The summed E-state index contributed by atoms with van der Waals surface area (Å²) in [5, 5.41) is 11.6. The van der Waals surface area contributed by atoms with Gasteiger partial charge in [-0.05, 0) is 38.8 Å². The van der Waals surface area contributed by atoms with Crippen molar-refractivity contribution in [1.29, 1.82) is 0 Å². The quantitative estimate of drug-likeness (QED) is 0.714. The van der Waals surface area contributed by atoms with Crippen LogP contribution in [0.4, 0.5) is 0 Å². The summed E-state index contributed by atoms with van der Waals surface area (Å²) in [7, 11) is 0. The number of rotatable bonds is 5. The molecule has 2 heterocycles. The van der Waals surface area contributed by atoms with Crippen molar-refractivity contribution in [3.05, 3.63) is 0 Å². The molecule has 1 amide bonds. The lowest BCUT2D eigenvalue weighted by molar-refractivity contribution is -0.151. The molecule has 2 N–H and O–H groups in total. The monoisotopic (exact) mass is 256 g/mol. The molecule has 0 bridgehead atoms. The third-order valence-electron chi connectivity index (χ3n) is 3.51. The zero-order valence-corrected chi connectivity index (χ0v) is 10.4. The molecule has 18 heavy (non-hydrogen) atoms. The minimum Gasteiger partial charge on any atom is -0.479 e. The molecule has 2 saturated heterocycles. The van der Waals surface area contributed by atoms with E-state index in [-0.39, 0.29) is 5.91 Å². The number of carboxylic acid groups (broad SMARTS) is 1. The van der Waals surface area contributed by atoms with E-state index in [9.17, 15) is 9.59 Å². The Morgan fingerprint density at radius 1 is 1.22 bits per heavy atom.